The second-order valence-corrected chi connectivity index (χ2v) is 7.22. The van der Waals surface area contributed by atoms with Gasteiger partial charge < -0.3 is 10.6 Å². The molecule has 0 spiro atoms. The standard InChI is InChI=1S/C20H25F4N5.HI/c1-25-19(27-17-4-2-3-14(13-17)20(22,23)24)26-11-9-16-10-12-29(28-16)18-7-5-15(21)6-8-18;/h5-8,10,12,14,17H,2-4,9,11,13H2,1H3,(H2,25,26,27);1H. The Morgan fingerprint density at radius 2 is 1.93 bits per heavy atom. The van der Waals surface area contributed by atoms with E-state index in [-0.39, 0.29) is 48.7 Å². The van der Waals surface area contributed by atoms with Crippen LogP contribution < -0.4 is 10.6 Å². The number of hydrogen-bond donors (Lipinski definition) is 2. The molecule has 1 saturated carbocycles. The summed E-state index contributed by atoms with van der Waals surface area (Å²) >= 11 is 0. The van der Waals surface area contributed by atoms with Crippen LogP contribution in [-0.2, 0) is 6.42 Å². The van der Waals surface area contributed by atoms with E-state index >= 15 is 0 Å². The molecule has 2 aromatic rings. The number of halogens is 5. The van der Waals surface area contributed by atoms with Gasteiger partial charge in [-0.15, -0.1) is 24.0 Å². The van der Waals surface area contributed by atoms with Gasteiger partial charge in [0.15, 0.2) is 5.96 Å². The molecule has 166 valence electrons. The van der Waals surface area contributed by atoms with Gasteiger partial charge in [-0.3, -0.25) is 4.99 Å². The van der Waals surface area contributed by atoms with Crippen molar-refractivity contribution in [1.82, 2.24) is 20.4 Å². The molecule has 0 amide bonds. The molecular formula is C20H26F4IN5. The van der Waals surface area contributed by atoms with Crippen LogP contribution in [0.3, 0.4) is 0 Å². The van der Waals surface area contributed by atoms with Crippen LogP contribution in [0.1, 0.15) is 31.4 Å². The lowest BCUT2D eigenvalue weighted by molar-refractivity contribution is -0.183. The van der Waals surface area contributed by atoms with E-state index in [9.17, 15) is 17.6 Å². The maximum absolute atomic E-state index is 13.0. The predicted octanol–water partition coefficient (Wildman–Crippen LogP) is 4.46. The lowest BCUT2D eigenvalue weighted by Crippen LogP contribution is -2.47. The summed E-state index contributed by atoms with van der Waals surface area (Å²) in [7, 11) is 1.60. The van der Waals surface area contributed by atoms with Gasteiger partial charge in [-0.2, -0.15) is 18.3 Å². The average molecular weight is 539 g/mol. The lowest BCUT2D eigenvalue weighted by Gasteiger charge is -2.31. The molecular weight excluding hydrogens is 513 g/mol. The van der Waals surface area contributed by atoms with Crippen LogP contribution in [0.2, 0.25) is 0 Å². The Morgan fingerprint density at radius 3 is 2.60 bits per heavy atom. The summed E-state index contributed by atoms with van der Waals surface area (Å²) in [5, 5.41) is 10.7. The van der Waals surface area contributed by atoms with Crippen molar-refractivity contribution in [1.29, 1.82) is 0 Å². The fourth-order valence-electron chi connectivity index (χ4n) is 3.55. The molecule has 0 bridgehead atoms. The smallest absolute Gasteiger partial charge is 0.356 e. The third-order valence-corrected chi connectivity index (χ3v) is 5.11. The minimum atomic E-state index is -4.14. The minimum absolute atomic E-state index is 0. The number of aliphatic imine (C=N–C) groups is 1. The molecule has 0 saturated heterocycles. The monoisotopic (exact) mass is 539 g/mol. The summed E-state index contributed by atoms with van der Waals surface area (Å²) < 4.78 is 53.6. The molecule has 2 atom stereocenters. The van der Waals surface area contributed by atoms with Crippen molar-refractivity contribution < 1.29 is 17.6 Å². The fraction of sp³-hybridized carbons (Fsp3) is 0.500. The van der Waals surface area contributed by atoms with Gasteiger partial charge in [0.25, 0.3) is 0 Å². The molecule has 30 heavy (non-hydrogen) atoms. The maximum atomic E-state index is 13.0. The number of aromatic nitrogens is 2. The summed E-state index contributed by atoms with van der Waals surface area (Å²) in [5.74, 6) is -1.05. The Kier molecular flexibility index (Phi) is 8.92. The zero-order chi connectivity index (χ0) is 20.9. The first-order valence-electron chi connectivity index (χ1n) is 9.69. The molecule has 3 rings (SSSR count). The summed E-state index contributed by atoms with van der Waals surface area (Å²) in [5.41, 5.74) is 1.60. The quantitative estimate of drug-likeness (QED) is 0.256. The first kappa shape index (κ1) is 24.4. The van der Waals surface area contributed by atoms with Crippen molar-refractivity contribution in [2.45, 2.75) is 44.3 Å². The Bertz CT molecular complexity index is 819. The average Bonchev–Trinajstić information content (AvgIpc) is 3.16. The van der Waals surface area contributed by atoms with Gasteiger partial charge in [0.05, 0.1) is 17.3 Å². The van der Waals surface area contributed by atoms with Crippen LogP contribution in [0.4, 0.5) is 17.6 Å². The van der Waals surface area contributed by atoms with Crippen LogP contribution in [0.25, 0.3) is 5.69 Å². The van der Waals surface area contributed by atoms with Crippen LogP contribution >= 0.6 is 24.0 Å². The van der Waals surface area contributed by atoms with Crippen LogP contribution in [0.15, 0.2) is 41.5 Å². The highest BCUT2D eigenvalue weighted by Gasteiger charge is 2.42. The van der Waals surface area contributed by atoms with Crippen molar-refractivity contribution in [2.24, 2.45) is 10.9 Å². The highest BCUT2D eigenvalue weighted by Crippen LogP contribution is 2.37. The number of nitrogens with one attached hydrogen (secondary N) is 2. The Morgan fingerprint density at radius 1 is 1.20 bits per heavy atom. The van der Waals surface area contributed by atoms with Gasteiger partial charge >= 0.3 is 6.18 Å². The molecule has 1 fully saturated rings. The Hall–Kier alpha value is -1.85. The maximum Gasteiger partial charge on any atom is 0.391 e. The highest BCUT2D eigenvalue weighted by atomic mass is 127. The Labute approximate surface area is 190 Å². The molecule has 2 N–H and O–H groups in total. The Balaban J connectivity index is 0.00000320. The van der Waals surface area contributed by atoms with E-state index < -0.39 is 12.1 Å². The van der Waals surface area contributed by atoms with E-state index in [2.05, 4.69) is 20.7 Å². The number of hydrogen-bond acceptors (Lipinski definition) is 2. The first-order chi connectivity index (χ1) is 13.8. The molecule has 1 aliphatic carbocycles. The van der Waals surface area contributed by atoms with Crippen LogP contribution in [-0.4, -0.2) is 41.6 Å². The third-order valence-electron chi connectivity index (χ3n) is 5.11. The van der Waals surface area contributed by atoms with Crippen molar-refractivity contribution >= 4 is 29.9 Å². The summed E-state index contributed by atoms with van der Waals surface area (Å²) in [6.07, 6.45) is -0.188. The zero-order valence-corrected chi connectivity index (χ0v) is 19.0. The normalized spacial score (nSPS) is 19.8. The second-order valence-electron chi connectivity index (χ2n) is 7.22. The summed E-state index contributed by atoms with van der Waals surface area (Å²) in [4.78, 5) is 4.11. The number of nitrogens with zero attached hydrogens (tertiary/aromatic N) is 3. The lowest BCUT2D eigenvalue weighted by atomic mass is 9.85. The molecule has 2 unspecified atom stereocenters. The van der Waals surface area contributed by atoms with Gasteiger partial charge in [-0.25, -0.2) is 9.07 Å². The van der Waals surface area contributed by atoms with Gasteiger partial charge in [-0.05, 0) is 49.6 Å². The van der Waals surface area contributed by atoms with Crippen molar-refractivity contribution in [3.63, 3.8) is 0 Å². The fourth-order valence-corrected chi connectivity index (χ4v) is 3.55. The topological polar surface area (TPSA) is 54.2 Å². The molecule has 1 aromatic heterocycles. The molecule has 5 nitrogen and oxygen atoms in total. The number of alkyl halides is 3. The first-order valence-corrected chi connectivity index (χ1v) is 9.69. The van der Waals surface area contributed by atoms with E-state index in [0.717, 1.165) is 11.4 Å². The number of rotatable bonds is 5. The van der Waals surface area contributed by atoms with Crippen LogP contribution in [0.5, 0.6) is 0 Å². The largest absolute Gasteiger partial charge is 0.391 e. The van der Waals surface area contributed by atoms with Gasteiger partial charge in [0, 0.05) is 32.3 Å². The van der Waals surface area contributed by atoms with E-state index in [1.54, 1.807) is 30.1 Å². The van der Waals surface area contributed by atoms with Gasteiger partial charge in [0.1, 0.15) is 5.82 Å². The van der Waals surface area contributed by atoms with Crippen molar-refractivity contribution in [3.8, 4) is 5.69 Å². The second kappa shape index (κ2) is 11.0. The van der Waals surface area contributed by atoms with Crippen molar-refractivity contribution in [2.75, 3.05) is 13.6 Å². The third kappa shape index (κ3) is 6.85. The number of guanidine groups is 1. The molecule has 1 heterocycles. The highest BCUT2D eigenvalue weighted by molar-refractivity contribution is 14.0. The molecule has 1 aliphatic rings. The van der Waals surface area contributed by atoms with Gasteiger partial charge in [0.2, 0.25) is 0 Å². The van der Waals surface area contributed by atoms with E-state index in [1.807, 2.05) is 6.07 Å². The van der Waals surface area contributed by atoms with Crippen LogP contribution in [0, 0.1) is 11.7 Å². The number of benzene rings is 1. The minimum Gasteiger partial charge on any atom is -0.356 e. The molecule has 0 radical (unpaired) electrons. The molecule has 1 aromatic carbocycles. The SMILES string of the molecule is CN=C(NCCc1ccn(-c2ccc(F)cc2)n1)NC1CCCC(C(F)(F)F)C1.I. The molecule has 0 aliphatic heterocycles. The van der Waals surface area contributed by atoms with Gasteiger partial charge in [-0.1, -0.05) is 6.42 Å². The zero-order valence-electron chi connectivity index (χ0n) is 16.6. The summed E-state index contributed by atoms with van der Waals surface area (Å²) in [6.45, 7) is 0.537. The van der Waals surface area contributed by atoms with E-state index in [0.29, 0.717) is 31.8 Å². The van der Waals surface area contributed by atoms with E-state index in [4.69, 9.17) is 0 Å². The summed E-state index contributed by atoms with van der Waals surface area (Å²) in [6, 6.07) is 7.68. The van der Waals surface area contributed by atoms with E-state index in [1.165, 1.54) is 12.1 Å². The predicted molar refractivity (Wildman–Crippen MR) is 119 cm³/mol. The molecule has 10 heteroatoms. The van der Waals surface area contributed by atoms with Crippen molar-refractivity contribution in [3.05, 3.63) is 48.0 Å².